The zero-order valence-electron chi connectivity index (χ0n) is 19.6. The van der Waals surface area contributed by atoms with Crippen LogP contribution < -0.4 is 10.5 Å². The zero-order chi connectivity index (χ0) is 24.0. The molecule has 186 valence electrons. The number of anilines is 1. The highest BCUT2D eigenvalue weighted by molar-refractivity contribution is 7.89. The van der Waals surface area contributed by atoms with E-state index in [2.05, 4.69) is 15.0 Å². The first-order chi connectivity index (χ1) is 17.0. The number of nitrogens with one attached hydrogen (secondary N) is 1. The van der Waals surface area contributed by atoms with Crippen molar-refractivity contribution in [2.45, 2.75) is 49.0 Å². The van der Waals surface area contributed by atoms with Crippen molar-refractivity contribution in [1.29, 1.82) is 0 Å². The van der Waals surface area contributed by atoms with Crippen LogP contribution in [0.25, 0.3) is 11.0 Å². The highest BCUT2D eigenvalue weighted by atomic mass is 32.2. The van der Waals surface area contributed by atoms with E-state index >= 15 is 0 Å². The van der Waals surface area contributed by atoms with Gasteiger partial charge in [0, 0.05) is 31.9 Å². The Balaban J connectivity index is 1.17. The molecule has 0 bridgehead atoms. The SMILES string of the molecule is O=c1[nH]c(C2CN(c3ccc(S(=O)(=O)N4CCOCC4)cc3)C2)nc2c1cnn2C1CCCCC1. The summed E-state index contributed by atoms with van der Waals surface area (Å²) in [5.41, 5.74) is 1.51. The Morgan fingerprint density at radius 2 is 1.71 bits per heavy atom. The monoisotopic (exact) mass is 498 g/mol. The molecular formula is C24H30N6O4S. The molecule has 2 saturated heterocycles. The van der Waals surface area contributed by atoms with Crippen molar-refractivity contribution in [2.75, 3.05) is 44.3 Å². The molecule has 3 aromatic rings. The topological polar surface area (TPSA) is 113 Å². The minimum absolute atomic E-state index is 0.110. The average Bonchev–Trinajstić information content (AvgIpc) is 3.29. The lowest BCUT2D eigenvalue weighted by atomic mass is 9.95. The molecule has 0 atom stereocenters. The van der Waals surface area contributed by atoms with E-state index in [0.29, 0.717) is 67.2 Å². The molecule has 1 N–H and O–H groups in total. The Labute approximate surface area is 203 Å². The summed E-state index contributed by atoms with van der Waals surface area (Å²) in [5, 5.41) is 5.06. The molecule has 1 saturated carbocycles. The fraction of sp³-hybridized carbons (Fsp3) is 0.542. The van der Waals surface area contributed by atoms with Gasteiger partial charge in [0.2, 0.25) is 10.0 Å². The van der Waals surface area contributed by atoms with Crippen LogP contribution in [0, 0.1) is 0 Å². The number of aromatic amines is 1. The summed E-state index contributed by atoms with van der Waals surface area (Å²) in [6.07, 6.45) is 7.43. The number of benzene rings is 1. The Morgan fingerprint density at radius 3 is 2.43 bits per heavy atom. The minimum atomic E-state index is -3.50. The molecule has 6 rings (SSSR count). The van der Waals surface area contributed by atoms with Crippen LogP contribution in [0.2, 0.25) is 0 Å². The van der Waals surface area contributed by atoms with E-state index in [0.717, 1.165) is 18.5 Å². The quantitative estimate of drug-likeness (QED) is 0.574. The zero-order valence-corrected chi connectivity index (χ0v) is 20.4. The normalized spacial score (nSPS) is 20.9. The fourth-order valence-electron chi connectivity index (χ4n) is 5.37. The highest BCUT2D eigenvalue weighted by Gasteiger charge is 2.32. The highest BCUT2D eigenvalue weighted by Crippen LogP contribution is 2.33. The molecule has 0 radical (unpaired) electrons. The van der Waals surface area contributed by atoms with Gasteiger partial charge < -0.3 is 14.6 Å². The lowest BCUT2D eigenvalue weighted by molar-refractivity contribution is 0.0730. The van der Waals surface area contributed by atoms with Crippen LogP contribution in [0.1, 0.15) is 49.9 Å². The summed E-state index contributed by atoms with van der Waals surface area (Å²) in [7, 11) is -3.50. The van der Waals surface area contributed by atoms with E-state index < -0.39 is 10.0 Å². The van der Waals surface area contributed by atoms with Crippen LogP contribution in [-0.4, -0.2) is 71.9 Å². The van der Waals surface area contributed by atoms with E-state index in [1.807, 2.05) is 16.8 Å². The number of hydrogen-bond donors (Lipinski definition) is 1. The van der Waals surface area contributed by atoms with E-state index in [4.69, 9.17) is 9.72 Å². The van der Waals surface area contributed by atoms with Crippen LogP contribution >= 0.6 is 0 Å². The van der Waals surface area contributed by atoms with Gasteiger partial charge in [-0.3, -0.25) is 4.79 Å². The average molecular weight is 499 g/mol. The fourth-order valence-corrected chi connectivity index (χ4v) is 6.77. The van der Waals surface area contributed by atoms with Crippen LogP contribution in [-0.2, 0) is 14.8 Å². The van der Waals surface area contributed by atoms with Crippen LogP contribution in [0.3, 0.4) is 0 Å². The summed E-state index contributed by atoms with van der Waals surface area (Å²) in [6.45, 7) is 3.04. The molecule has 2 aromatic heterocycles. The molecule has 3 fully saturated rings. The van der Waals surface area contributed by atoms with E-state index in [1.54, 1.807) is 18.3 Å². The van der Waals surface area contributed by atoms with Crippen molar-refractivity contribution in [3.63, 3.8) is 0 Å². The number of hydrogen-bond acceptors (Lipinski definition) is 7. The van der Waals surface area contributed by atoms with Crippen molar-refractivity contribution < 1.29 is 13.2 Å². The lowest BCUT2D eigenvalue weighted by Crippen LogP contribution is -2.46. The molecule has 0 unspecified atom stereocenters. The Morgan fingerprint density at radius 1 is 1.00 bits per heavy atom. The molecule has 4 heterocycles. The van der Waals surface area contributed by atoms with Gasteiger partial charge in [-0.2, -0.15) is 9.40 Å². The van der Waals surface area contributed by atoms with Gasteiger partial charge in [0.25, 0.3) is 5.56 Å². The van der Waals surface area contributed by atoms with Crippen LogP contribution in [0.15, 0.2) is 40.2 Å². The molecule has 0 spiro atoms. The molecule has 35 heavy (non-hydrogen) atoms. The Bertz CT molecular complexity index is 1370. The summed E-state index contributed by atoms with van der Waals surface area (Å²) in [4.78, 5) is 23.0. The second kappa shape index (κ2) is 9.03. The van der Waals surface area contributed by atoms with Crippen LogP contribution in [0.4, 0.5) is 5.69 Å². The summed E-state index contributed by atoms with van der Waals surface area (Å²) >= 11 is 0. The van der Waals surface area contributed by atoms with Crippen molar-refractivity contribution in [3.05, 3.63) is 46.6 Å². The Kier molecular flexibility index (Phi) is 5.85. The molecule has 10 nitrogen and oxygen atoms in total. The smallest absolute Gasteiger partial charge is 0.262 e. The van der Waals surface area contributed by atoms with Crippen molar-refractivity contribution in [1.82, 2.24) is 24.1 Å². The third kappa shape index (κ3) is 4.15. The van der Waals surface area contributed by atoms with Gasteiger partial charge in [0.1, 0.15) is 11.2 Å². The number of H-pyrrole nitrogens is 1. The molecule has 0 amide bonds. The number of fused-ring (bicyclic) bond motifs is 1. The van der Waals surface area contributed by atoms with Gasteiger partial charge in [-0.1, -0.05) is 19.3 Å². The molecular weight excluding hydrogens is 468 g/mol. The maximum Gasteiger partial charge on any atom is 0.262 e. The second-order valence-electron chi connectivity index (χ2n) is 9.68. The molecule has 3 aliphatic rings. The second-order valence-corrected chi connectivity index (χ2v) is 11.6. The molecule has 1 aromatic carbocycles. The largest absolute Gasteiger partial charge is 0.379 e. The van der Waals surface area contributed by atoms with Crippen molar-refractivity contribution in [2.24, 2.45) is 0 Å². The number of nitrogens with zero attached hydrogens (tertiary/aromatic N) is 5. The number of ether oxygens (including phenoxy) is 1. The van der Waals surface area contributed by atoms with E-state index in [-0.39, 0.29) is 11.5 Å². The first-order valence-corrected chi connectivity index (χ1v) is 13.8. The van der Waals surface area contributed by atoms with Gasteiger partial charge in [-0.15, -0.1) is 0 Å². The summed E-state index contributed by atoms with van der Waals surface area (Å²) in [6, 6.07) is 7.35. The van der Waals surface area contributed by atoms with Crippen LogP contribution in [0.5, 0.6) is 0 Å². The van der Waals surface area contributed by atoms with Crippen molar-refractivity contribution >= 4 is 26.7 Å². The van der Waals surface area contributed by atoms with Crippen molar-refractivity contribution in [3.8, 4) is 0 Å². The maximum absolute atomic E-state index is 12.9. The Hall–Kier alpha value is -2.76. The predicted molar refractivity (Wildman–Crippen MR) is 131 cm³/mol. The summed E-state index contributed by atoms with van der Waals surface area (Å²) in [5.74, 6) is 0.807. The first-order valence-electron chi connectivity index (χ1n) is 12.4. The van der Waals surface area contributed by atoms with E-state index in [1.165, 1.54) is 23.6 Å². The summed E-state index contributed by atoms with van der Waals surface area (Å²) < 4.78 is 34.4. The van der Waals surface area contributed by atoms with E-state index in [9.17, 15) is 13.2 Å². The third-order valence-corrected chi connectivity index (χ3v) is 9.39. The number of aromatic nitrogens is 4. The van der Waals surface area contributed by atoms with Gasteiger partial charge in [-0.25, -0.2) is 18.1 Å². The lowest BCUT2D eigenvalue weighted by Gasteiger charge is -2.40. The van der Waals surface area contributed by atoms with Gasteiger partial charge in [-0.05, 0) is 37.1 Å². The predicted octanol–water partition coefficient (Wildman–Crippen LogP) is 2.25. The van der Waals surface area contributed by atoms with Gasteiger partial charge in [0.15, 0.2) is 5.65 Å². The molecule has 1 aliphatic carbocycles. The molecule has 2 aliphatic heterocycles. The minimum Gasteiger partial charge on any atom is -0.379 e. The van der Waals surface area contributed by atoms with Gasteiger partial charge >= 0.3 is 0 Å². The number of rotatable bonds is 5. The third-order valence-electron chi connectivity index (χ3n) is 7.48. The first kappa shape index (κ1) is 22.7. The van der Waals surface area contributed by atoms with Gasteiger partial charge in [0.05, 0.1) is 36.3 Å². The molecule has 11 heteroatoms. The standard InChI is InChI=1S/C24H30N6O4S/c31-24-21-14-25-30(19-4-2-1-3-5-19)23(21)26-22(27-24)17-15-28(16-17)18-6-8-20(9-7-18)35(32,33)29-10-12-34-13-11-29/h6-9,14,17,19H,1-5,10-13,15-16H2,(H,26,27,31). The number of morpholine rings is 1. The number of sulfonamides is 1. The maximum atomic E-state index is 12.9.